The highest BCUT2D eigenvalue weighted by Crippen LogP contribution is 2.68. The number of amides is 1. The van der Waals surface area contributed by atoms with Crippen LogP contribution in [0.2, 0.25) is 0 Å². The molecule has 1 amide bonds. The number of piperidine rings is 1. The molecule has 1 aliphatic carbocycles. The van der Waals surface area contributed by atoms with Crippen molar-refractivity contribution in [2.75, 3.05) is 59.0 Å². The molecule has 6 aliphatic rings. The van der Waals surface area contributed by atoms with Crippen molar-refractivity contribution >= 4 is 40.9 Å². The van der Waals surface area contributed by atoms with E-state index in [1.54, 1.807) is 13.2 Å². The summed E-state index contributed by atoms with van der Waals surface area (Å²) in [5.41, 5.74) is -1.56. The monoisotopic (exact) mass is 794 g/mol. The maximum Gasteiger partial charge on any atom is 0.344 e. The van der Waals surface area contributed by atoms with Gasteiger partial charge in [-0.1, -0.05) is 44.2 Å². The molecule has 9 rings (SSSR count). The third-order valence-corrected chi connectivity index (χ3v) is 15.0. The van der Waals surface area contributed by atoms with Gasteiger partial charge in [0.15, 0.2) is 6.10 Å². The Bertz CT molecular complexity index is 2240. The summed E-state index contributed by atoms with van der Waals surface area (Å²) in [6.07, 6.45) is 6.17. The highest BCUT2D eigenvalue weighted by atomic mass is 16.6. The number of anilines is 1. The Balaban J connectivity index is 1.38. The first-order valence-corrected chi connectivity index (χ1v) is 20.7. The Morgan fingerprint density at radius 2 is 1.79 bits per heavy atom. The van der Waals surface area contributed by atoms with Gasteiger partial charge in [0, 0.05) is 78.2 Å². The van der Waals surface area contributed by atoms with E-state index in [1.807, 2.05) is 43.3 Å². The average molecular weight is 795 g/mol. The minimum atomic E-state index is -2.50. The Kier molecular flexibility index (Phi) is 9.14. The number of para-hydroxylation sites is 1. The molecule has 6 heterocycles. The summed E-state index contributed by atoms with van der Waals surface area (Å²) in [6, 6.07) is 10.3. The molecule has 58 heavy (non-hydrogen) atoms. The topological polar surface area (TPSA) is 151 Å². The van der Waals surface area contributed by atoms with Gasteiger partial charge in [-0.25, -0.2) is 4.79 Å². The van der Waals surface area contributed by atoms with Gasteiger partial charge in [0.25, 0.3) is 0 Å². The number of hydrogen-bond acceptors (Lipinski definition) is 11. The van der Waals surface area contributed by atoms with Gasteiger partial charge in [-0.2, -0.15) is 0 Å². The molecule has 13 nitrogen and oxygen atoms in total. The van der Waals surface area contributed by atoms with Crippen LogP contribution in [-0.2, 0) is 50.6 Å². The molecular weight excluding hydrogens is 741 g/mol. The zero-order chi connectivity index (χ0) is 40.9. The van der Waals surface area contributed by atoms with Crippen LogP contribution in [0.3, 0.4) is 0 Å². The number of aromatic nitrogens is 1. The number of aliphatic hydroxyl groups is 1. The number of fused-ring (bicyclic) bond motifs is 6. The fraction of sp³-hybridized carbons (Fsp3) is 0.556. The summed E-state index contributed by atoms with van der Waals surface area (Å²) in [5.74, 6) is -1.19. The highest BCUT2D eigenvalue weighted by molar-refractivity contribution is 5.96. The quantitative estimate of drug-likeness (QED) is 0.155. The molecule has 2 aromatic carbocycles. The van der Waals surface area contributed by atoms with E-state index in [4.69, 9.17) is 18.9 Å². The number of methoxy groups -OCH3 is 3. The largest absolute Gasteiger partial charge is 0.496 e. The van der Waals surface area contributed by atoms with Crippen LogP contribution in [0.1, 0.15) is 68.8 Å². The smallest absolute Gasteiger partial charge is 0.344 e. The second kappa shape index (κ2) is 13.7. The molecule has 1 saturated carbocycles. The molecule has 5 aliphatic heterocycles. The third-order valence-electron chi connectivity index (χ3n) is 15.0. The molecule has 10 atom stereocenters. The normalized spacial score (nSPS) is 36.0. The summed E-state index contributed by atoms with van der Waals surface area (Å²) >= 11 is 0. The van der Waals surface area contributed by atoms with Crippen LogP contribution in [0.15, 0.2) is 48.6 Å². The Labute approximate surface area is 338 Å². The van der Waals surface area contributed by atoms with E-state index in [0.717, 1.165) is 48.2 Å². The van der Waals surface area contributed by atoms with Crippen LogP contribution in [-0.4, -0.2) is 122 Å². The average Bonchev–Trinajstić information content (AvgIpc) is 3.90. The van der Waals surface area contributed by atoms with Gasteiger partial charge in [-0.05, 0) is 73.7 Å². The van der Waals surface area contributed by atoms with Gasteiger partial charge in [0.1, 0.15) is 11.2 Å². The number of carbonyl (C=O) groups is 4. The fourth-order valence-electron chi connectivity index (χ4n) is 13.2. The maximum atomic E-state index is 15.2. The van der Waals surface area contributed by atoms with Crippen molar-refractivity contribution < 1.29 is 43.2 Å². The van der Waals surface area contributed by atoms with Crippen LogP contribution in [0.4, 0.5) is 5.69 Å². The van der Waals surface area contributed by atoms with E-state index >= 15 is 4.79 Å². The van der Waals surface area contributed by atoms with Crippen molar-refractivity contribution in [1.82, 2.24) is 14.8 Å². The SMILES string of the molecule is CC[C@@]12C=CCN3CC[C@]4(c5cc([C@]6(C(=O)OC)C[C@H]7C[C@H](C)CN(CCc8c6[nH]c6ccccc86)C7)c(OC)cc5N(C=O)[C@@H]4[C@@](O)(C(=O)OC)[C@@H]1OC(C)=O)[C@H]32. The Morgan fingerprint density at radius 3 is 2.50 bits per heavy atom. The van der Waals surface area contributed by atoms with Crippen LogP contribution in [0.5, 0.6) is 5.75 Å². The summed E-state index contributed by atoms with van der Waals surface area (Å²) in [5, 5.41) is 14.3. The van der Waals surface area contributed by atoms with E-state index in [2.05, 4.69) is 27.8 Å². The zero-order valence-corrected chi connectivity index (χ0v) is 34.2. The van der Waals surface area contributed by atoms with Crippen LogP contribution in [0, 0.1) is 17.3 Å². The number of nitrogens with one attached hydrogen (secondary N) is 1. The number of aromatic amines is 1. The van der Waals surface area contributed by atoms with E-state index in [0.29, 0.717) is 73.7 Å². The fourth-order valence-corrected chi connectivity index (χ4v) is 13.2. The summed E-state index contributed by atoms with van der Waals surface area (Å²) in [4.78, 5) is 66.3. The lowest BCUT2D eigenvalue weighted by atomic mass is 9.47. The highest BCUT2D eigenvalue weighted by Gasteiger charge is 2.81. The minimum absolute atomic E-state index is 0.123. The van der Waals surface area contributed by atoms with Crippen LogP contribution in [0.25, 0.3) is 10.9 Å². The van der Waals surface area contributed by atoms with Crippen molar-refractivity contribution in [3.05, 3.63) is 70.9 Å². The first kappa shape index (κ1) is 38.8. The van der Waals surface area contributed by atoms with Crippen LogP contribution < -0.4 is 9.64 Å². The Hall–Kier alpha value is -4.72. The molecule has 2 saturated heterocycles. The molecule has 2 bridgehead atoms. The lowest BCUT2D eigenvalue weighted by Gasteiger charge is -2.63. The van der Waals surface area contributed by atoms with Crippen molar-refractivity contribution in [3.8, 4) is 5.75 Å². The number of ether oxygens (including phenoxy) is 4. The first-order chi connectivity index (χ1) is 27.9. The van der Waals surface area contributed by atoms with Gasteiger partial charge in [0.2, 0.25) is 12.0 Å². The number of carbonyl (C=O) groups excluding carboxylic acids is 4. The molecular formula is C45H54N4O9. The molecule has 13 heteroatoms. The van der Waals surface area contributed by atoms with Gasteiger partial charge < -0.3 is 38.8 Å². The van der Waals surface area contributed by atoms with Crippen molar-refractivity contribution in [3.63, 3.8) is 0 Å². The second-order valence-corrected chi connectivity index (χ2v) is 17.7. The molecule has 3 aromatic rings. The lowest BCUT2D eigenvalue weighted by Crippen LogP contribution is -2.81. The second-order valence-electron chi connectivity index (χ2n) is 17.7. The number of nitrogens with zero attached hydrogens (tertiary/aromatic N) is 3. The molecule has 0 radical (unpaired) electrons. The molecule has 3 fully saturated rings. The molecule has 308 valence electrons. The summed E-state index contributed by atoms with van der Waals surface area (Å²) in [7, 11) is 4.18. The van der Waals surface area contributed by atoms with Crippen molar-refractivity contribution in [1.29, 1.82) is 0 Å². The predicted octanol–water partition coefficient (Wildman–Crippen LogP) is 4.01. The lowest BCUT2D eigenvalue weighted by molar-refractivity contribution is -0.228. The van der Waals surface area contributed by atoms with E-state index in [9.17, 15) is 19.5 Å². The predicted molar refractivity (Wildman–Crippen MR) is 214 cm³/mol. The molecule has 1 aromatic heterocycles. The summed E-state index contributed by atoms with van der Waals surface area (Å²) in [6.45, 7) is 9.32. The Morgan fingerprint density at radius 1 is 1.02 bits per heavy atom. The summed E-state index contributed by atoms with van der Waals surface area (Å²) < 4.78 is 23.7. The number of rotatable bonds is 7. The number of hydrogen-bond donors (Lipinski definition) is 2. The first-order valence-electron chi connectivity index (χ1n) is 20.7. The zero-order valence-electron chi connectivity index (χ0n) is 34.2. The molecule has 1 spiro atoms. The number of benzene rings is 2. The number of H-pyrrole nitrogens is 1. The van der Waals surface area contributed by atoms with E-state index in [1.165, 1.54) is 26.0 Å². The molecule has 2 N–H and O–H groups in total. The van der Waals surface area contributed by atoms with Crippen molar-refractivity contribution in [2.24, 2.45) is 17.3 Å². The number of esters is 3. The van der Waals surface area contributed by atoms with Gasteiger partial charge in [-0.15, -0.1) is 0 Å². The molecule has 1 unspecified atom stereocenters. The van der Waals surface area contributed by atoms with Crippen LogP contribution >= 0.6 is 0 Å². The van der Waals surface area contributed by atoms with E-state index < -0.39 is 57.9 Å². The standard InChI is InChI=1S/C45H54N4O9/c1-7-42-14-10-16-48-18-15-43(37(42)48)31-20-32(35(55-4)21-34(31)49(25-50)38(43)45(54,41(53)57-6)39(42)58-27(3)51)44(40(52)56-5)22-28-19-26(2)23-47(24-28)17-13-30-29-11-8-9-12-33(29)46-36(30)44/h8-12,14,20-21,25-26,28,37-39,46,54H,7,13,15-19,22-24H2,1-6H3/t26-,28+,37+,38-,39+,42-,43-,44+,45-/m0/s1. The minimum Gasteiger partial charge on any atom is -0.496 e. The van der Waals surface area contributed by atoms with Gasteiger partial charge in [-0.3, -0.25) is 19.3 Å². The van der Waals surface area contributed by atoms with Gasteiger partial charge in [0.05, 0.1) is 33.1 Å². The maximum absolute atomic E-state index is 15.2. The van der Waals surface area contributed by atoms with Gasteiger partial charge >= 0.3 is 17.9 Å². The van der Waals surface area contributed by atoms with Crippen molar-refractivity contribution in [2.45, 2.75) is 87.5 Å². The third kappa shape index (κ3) is 4.92. The van der Waals surface area contributed by atoms with E-state index in [-0.39, 0.29) is 5.92 Å².